The molecular formula is C28H24ClN7O2. The smallest absolute Gasteiger partial charge is 0.270 e. The van der Waals surface area contributed by atoms with Gasteiger partial charge >= 0.3 is 0 Å². The minimum Gasteiger partial charge on any atom is -0.488 e. The molecule has 10 heteroatoms. The summed E-state index contributed by atoms with van der Waals surface area (Å²) in [6.45, 7) is 5.86. The average Bonchev–Trinajstić information content (AvgIpc) is 3.52. The number of anilines is 2. The van der Waals surface area contributed by atoms with Gasteiger partial charge in [-0.1, -0.05) is 36.4 Å². The maximum atomic E-state index is 13.7. The van der Waals surface area contributed by atoms with E-state index in [-0.39, 0.29) is 5.56 Å². The number of benzene rings is 2. The Morgan fingerprint density at radius 1 is 1.24 bits per heavy atom. The molecule has 3 aromatic heterocycles. The summed E-state index contributed by atoms with van der Waals surface area (Å²) >= 11 is 6.66. The van der Waals surface area contributed by atoms with Crippen LogP contribution in [0.15, 0.2) is 72.4 Å². The van der Waals surface area contributed by atoms with Crippen molar-refractivity contribution in [2.75, 3.05) is 18.5 Å². The molecule has 0 unspecified atom stereocenters. The normalized spacial score (nSPS) is 15.5. The first-order valence-corrected chi connectivity index (χ1v) is 12.8. The third kappa shape index (κ3) is 3.58. The highest BCUT2D eigenvalue weighted by Gasteiger charge is 2.46. The highest BCUT2D eigenvalue weighted by molar-refractivity contribution is 6.34. The zero-order valence-electron chi connectivity index (χ0n) is 20.4. The molecular weight excluding hydrogens is 502 g/mol. The van der Waals surface area contributed by atoms with Gasteiger partial charge < -0.3 is 15.4 Å². The SMILES string of the molecule is C=CCOc1cccc(-n2c(=O)c3cnc(Nc4ccc5c(c4)CNCC54CC4)nc3n3ccnc23)c1Cl. The number of fused-ring (bicyclic) bond motifs is 5. The molecule has 38 heavy (non-hydrogen) atoms. The summed E-state index contributed by atoms with van der Waals surface area (Å²) in [5.74, 6) is 1.22. The van der Waals surface area contributed by atoms with Crippen molar-refractivity contribution in [3.8, 4) is 11.4 Å². The van der Waals surface area contributed by atoms with Crippen LogP contribution in [0.25, 0.3) is 22.5 Å². The van der Waals surface area contributed by atoms with Crippen LogP contribution in [-0.2, 0) is 12.0 Å². The highest BCUT2D eigenvalue weighted by atomic mass is 35.5. The second-order valence-electron chi connectivity index (χ2n) is 9.74. The number of hydrogen-bond acceptors (Lipinski definition) is 7. The third-order valence-electron chi connectivity index (χ3n) is 7.36. The van der Waals surface area contributed by atoms with Gasteiger partial charge in [-0.25, -0.2) is 14.5 Å². The molecule has 9 nitrogen and oxygen atoms in total. The van der Waals surface area contributed by atoms with Crippen LogP contribution in [-0.4, -0.2) is 37.1 Å². The van der Waals surface area contributed by atoms with E-state index in [4.69, 9.17) is 21.3 Å². The summed E-state index contributed by atoms with van der Waals surface area (Å²) in [5, 5.41) is 7.49. The lowest BCUT2D eigenvalue weighted by molar-refractivity contribution is 0.363. The van der Waals surface area contributed by atoms with Gasteiger partial charge in [-0.2, -0.15) is 4.98 Å². The molecule has 7 rings (SSSR count). The Morgan fingerprint density at radius 3 is 2.97 bits per heavy atom. The predicted octanol–water partition coefficient (Wildman–Crippen LogP) is 4.53. The van der Waals surface area contributed by atoms with Crippen molar-refractivity contribution in [2.24, 2.45) is 0 Å². The summed E-state index contributed by atoms with van der Waals surface area (Å²) < 4.78 is 8.87. The van der Waals surface area contributed by atoms with Crippen molar-refractivity contribution in [3.63, 3.8) is 0 Å². The molecule has 190 valence electrons. The van der Waals surface area contributed by atoms with Gasteiger partial charge in [0.15, 0.2) is 5.65 Å². The zero-order chi connectivity index (χ0) is 25.9. The summed E-state index contributed by atoms with van der Waals surface area (Å²) in [7, 11) is 0. The van der Waals surface area contributed by atoms with Gasteiger partial charge in [-0.05, 0) is 48.2 Å². The van der Waals surface area contributed by atoms with E-state index in [9.17, 15) is 4.79 Å². The number of nitrogens with one attached hydrogen (secondary N) is 2. The quantitative estimate of drug-likeness (QED) is 0.314. The van der Waals surface area contributed by atoms with Crippen LogP contribution >= 0.6 is 11.6 Å². The van der Waals surface area contributed by atoms with Crippen LogP contribution in [0.3, 0.4) is 0 Å². The Kier molecular flexibility index (Phi) is 5.24. The van der Waals surface area contributed by atoms with Crippen LogP contribution in [0.2, 0.25) is 5.02 Å². The monoisotopic (exact) mass is 525 g/mol. The molecule has 1 spiro atoms. The van der Waals surface area contributed by atoms with Crippen LogP contribution in [0.5, 0.6) is 5.75 Å². The van der Waals surface area contributed by atoms with E-state index in [0.717, 1.165) is 18.8 Å². The second kappa shape index (κ2) is 8.68. The van der Waals surface area contributed by atoms with Gasteiger partial charge in [0.2, 0.25) is 11.7 Å². The number of imidazole rings is 1. The van der Waals surface area contributed by atoms with Gasteiger partial charge in [0.05, 0.1) is 5.69 Å². The van der Waals surface area contributed by atoms with Crippen molar-refractivity contribution in [3.05, 3.63) is 94.1 Å². The predicted molar refractivity (Wildman–Crippen MR) is 147 cm³/mol. The van der Waals surface area contributed by atoms with Gasteiger partial charge in [0.1, 0.15) is 22.8 Å². The number of rotatable bonds is 6. The Hall–Kier alpha value is -4.21. The van der Waals surface area contributed by atoms with Crippen LogP contribution in [0, 0.1) is 0 Å². The zero-order valence-corrected chi connectivity index (χ0v) is 21.2. The average molecular weight is 526 g/mol. The Labute approximate surface area is 222 Å². The fourth-order valence-corrected chi connectivity index (χ4v) is 5.61. The standard InChI is InChI=1S/C28H24ClN7O2/c1-2-12-38-22-5-3-4-21(23(22)29)36-25(37)19-15-32-26(34-24(19)35-11-10-31-27(35)36)33-18-6-7-20-17(13-18)14-30-16-28(20)8-9-28/h2-7,10-11,13,15,30H,1,8-9,12,14,16H2,(H,32,33,34). The molecule has 2 N–H and O–H groups in total. The summed E-state index contributed by atoms with van der Waals surface area (Å²) in [5.41, 5.74) is 4.54. The van der Waals surface area contributed by atoms with Gasteiger partial charge in [-0.15, -0.1) is 0 Å². The van der Waals surface area contributed by atoms with E-state index < -0.39 is 0 Å². The van der Waals surface area contributed by atoms with Crippen molar-refractivity contribution in [1.82, 2.24) is 29.2 Å². The first kappa shape index (κ1) is 22.9. The van der Waals surface area contributed by atoms with E-state index in [0.29, 0.717) is 51.2 Å². The number of aromatic nitrogens is 5. The molecule has 0 saturated heterocycles. The first-order chi connectivity index (χ1) is 18.6. The second-order valence-corrected chi connectivity index (χ2v) is 10.1. The molecule has 2 aromatic carbocycles. The molecule has 5 aromatic rings. The largest absolute Gasteiger partial charge is 0.488 e. The number of nitrogens with zero attached hydrogens (tertiary/aromatic N) is 5. The maximum Gasteiger partial charge on any atom is 0.270 e. The van der Waals surface area contributed by atoms with Crippen molar-refractivity contribution >= 4 is 40.0 Å². The summed E-state index contributed by atoms with van der Waals surface area (Å²) in [6.07, 6.45) is 9.03. The Morgan fingerprint density at radius 2 is 2.13 bits per heavy atom. The number of ether oxygens (including phenoxy) is 1. The topological polar surface area (TPSA) is 98.4 Å². The number of hydrogen-bond donors (Lipinski definition) is 2. The van der Waals surface area contributed by atoms with Crippen molar-refractivity contribution in [1.29, 1.82) is 0 Å². The molecule has 0 amide bonds. The van der Waals surface area contributed by atoms with E-state index in [1.54, 1.807) is 41.1 Å². The van der Waals surface area contributed by atoms with Crippen LogP contribution in [0.1, 0.15) is 24.0 Å². The van der Waals surface area contributed by atoms with E-state index >= 15 is 0 Å². The molecule has 1 fully saturated rings. The molecule has 1 saturated carbocycles. The van der Waals surface area contributed by atoms with E-state index in [2.05, 4.69) is 45.4 Å². The Bertz CT molecular complexity index is 1810. The lowest BCUT2D eigenvalue weighted by Crippen LogP contribution is -2.33. The fourth-order valence-electron chi connectivity index (χ4n) is 5.35. The van der Waals surface area contributed by atoms with Gasteiger partial charge in [-0.3, -0.25) is 9.20 Å². The van der Waals surface area contributed by atoms with Gasteiger partial charge in [0, 0.05) is 42.8 Å². The van der Waals surface area contributed by atoms with E-state index in [1.807, 2.05) is 0 Å². The van der Waals surface area contributed by atoms with Crippen molar-refractivity contribution in [2.45, 2.75) is 24.8 Å². The molecule has 1 aliphatic carbocycles. The third-order valence-corrected chi connectivity index (χ3v) is 7.74. The molecule has 2 aliphatic rings. The van der Waals surface area contributed by atoms with Crippen molar-refractivity contribution < 1.29 is 4.74 Å². The highest BCUT2D eigenvalue weighted by Crippen LogP contribution is 2.50. The molecule has 0 bridgehead atoms. The lowest BCUT2D eigenvalue weighted by Gasteiger charge is -2.26. The minimum atomic E-state index is -0.331. The summed E-state index contributed by atoms with van der Waals surface area (Å²) in [4.78, 5) is 27.3. The lowest BCUT2D eigenvalue weighted by atomic mass is 9.88. The molecule has 4 heterocycles. The van der Waals surface area contributed by atoms with Crippen LogP contribution in [0.4, 0.5) is 11.6 Å². The molecule has 0 radical (unpaired) electrons. The van der Waals surface area contributed by atoms with E-state index in [1.165, 1.54) is 34.7 Å². The maximum absolute atomic E-state index is 13.7. The molecule has 0 atom stereocenters. The molecule has 1 aliphatic heterocycles. The summed E-state index contributed by atoms with van der Waals surface area (Å²) in [6, 6.07) is 11.7. The van der Waals surface area contributed by atoms with Crippen LogP contribution < -0.4 is 20.9 Å². The fraction of sp³-hybridized carbons (Fsp3) is 0.214. The number of halogens is 1. The minimum absolute atomic E-state index is 0.291. The van der Waals surface area contributed by atoms with Gasteiger partial charge in [0.25, 0.3) is 5.56 Å². The Balaban J connectivity index is 1.30. The first-order valence-electron chi connectivity index (χ1n) is 12.5.